The number of halogens is 5. The van der Waals surface area contributed by atoms with Crippen molar-refractivity contribution in [3.63, 3.8) is 0 Å². The van der Waals surface area contributed by atoms with E-state index >= 15 is 8.78 Å². The first kappa shape index (κ1) is 49.3. The summed E-state index contributed by atoms with van der Waals surface area (Å²) in [6, 6.07) is 9.26. The van der Waals surface area contributed by atoms with E-state index < -0.39 is 105 Å². The number of ether oxygens (including phenoxy) is 2. The van der Waals surface area contributed by atoms with Gasteiger partial charge in [-0.1, -0.05) is 45.0 Å². The summed E-state index contributed by atoms with van der Waals surface area (Å²) in [5.74, 6) is -6.10. The molecule has 4 amide bonds. The molecule has 2 aliphatic heterocycles. The van der Waals surface area contributed by atoms with Gasteiger partial charge in [0.25, 0.3) is 11.8 Å². The number of hydrogen-bond donors (Lipinski definition) is 3. The molecule has 0 unspecified atom stereocenters. The Balaban J connectivity index is 1.02. The molecule has 3 atom stereocenters. The van der Waals surface area contributed by atoms with E-state index in [1.165, 1.54) is 36.2 Å². The number of anilines is 2. The number of carbonyl (C=O) groups excluding carboxylic acids is 4. The summed E-state index contributed by atoms with van der Waals surface area (Å²) in [4.78, 5) is 66.1. The van der Waals surface area contributed by atoms with Gasteiger partial charge >= 0.3 is 6.18 Å². The fourth-order valence-electron chi connectivity index (χ4n) is 7.54. The van der Waals surface area contributed by atoms with Crippen molar-refractivity contribution in [1.29, 1.82) is 5.26 Å². The van der Waals surface area contributed by atoms with Crippen LogP contribution in [0.3, 0.4) is 0 Å². The lowest BCUT2D eigenvalue weighted by Crippen LogP contribution is -2.58. The number of hydrogen-bond acceptors (Lipinski definition) is 12. The number of thiocarbonyl (C=S) groups is 1. The van der Waals surface area contributed by atoms with Crippen LogP contribution in [-0.2, 0) is 36.6 Å². The lowest BCUT2D eigenvalue weighted by molar-refractivity contribution is -0.144. The van der Waals surface area contributed by atoms with Gasteiger partial charge in [0.15, 0.2) is 16.7 Å². The minimum atomic E-state index is -5.27. The van der Waals surface area contributed by atoms with Crippen LogP contribution in [0.25, 0.3) is 10.4 Å². The van der Waals surface area contributed by atoms with Gasteiger partial charge in [0.05, 0.1) is 58.0 Å². The van der Waals surface area contributed by atoms with Crippen molar-refractivity contribution in [3.05, 3.63) is 88.2 Å². The highest BCUT2D eigenvalue weighted by atomic mass is 32.1. The molecule has 22 heteroatoms. The van der Waals surface area contributed by atoms with Crippen molar-refractivity contribution in [2.24, 2.45) is 5.41 Å². The van der Waals surface area contributed by atoms with E-state index in [2.05, 4.69) is 20.6 Å². The maximum Gasteiger partial charge on any atom is 0.420 e. The number of β-amino-alcohol motifs (C(OH)–C–C–N with tert-alkyl or cyclic N) is 1. The summed E-state index contributed by atoms with van der Waals surface area (Å²) < 4.78 is 82.8. The predicted molar refractivity (Wildman–Crippen MR) is 235 cm³/mol. The van der Waals surface area contributed by atoms with Gasteiger partial charge < -0.3 is 35.0 Å². The van der Waals surface area contributed by atoms with Gasteiger partial charge in [-0.15, -0.1) is 11.3 Å². The zero-order valence-corrected chi connectivity index (χ0v) is 38.1. The Morgan fingerprint density at radius 2 is 1.79 bits per heavy atom. The Labute approximate surface area is 385 Å². The van der Waals surface area contributed by atoms with Crippen molar-refractivity contribution >= 4 is 63.7 Å². The largest absolute Gasteiger partial charge is 0.473 e. The second kappa shape index (κ2) is 19.4. The number of aromatic nitrogens is 2. The van der Waals surface area contributed by atoms with Crippen LogP contribution in [0.1, 0.15) is 63.4 Å². The highest BCUT2D eigenvalue weighted by Gasteiger charge is 2.52. The molecule has 2 saturated heterocycles. The molecule has 0 spiro atoms. The summed E-state index contributed by atoms with van der Waals surface area (Å²) in [5.41, 5.74) is -1.83. The summed E-state index contributed by atoms with van der Waals surface area (Å²) in [7, 11) is 0. The molecule has 4 aromatic rings. The number of aryl methyl sites for hydroxylation is 1. The number of aliphatic hydroxyl groups excluding tert-OH is 1. The minimum Gasteiger partial charge on any atom is -0.473 e. The SMILES string of the molecule is Cc1ncsc1-c1ccc(CNC(=O)[C@@H]2C[C@@H](O)CN2C(=O)[C@@H](NC(=O)COCCOc2ncc(N3C(=S)N(c4ccc(C#N)c(C(F)(F)F)c4F)C(=O)C3(C)C)cc2F)C(C)(C)C)cc1. The van der Waals surface area contributed by atoms with Crippen LogP contribution in [0.4, 0.5) is 33.3 Å². The number of pyridine rings is 1. The van der Waals surface area contributed by atoms with Gasteiger partial charge in [-0.25, -0.2) is 18.7 Å². The highest BCUT2D eigenvalue weighted by molar-refractivity contribution is 7.81. The Morgan fingerprint density at radius 1 is 1.09 bits per heavy atom. The molecule has 3 N–H and O–H groups in total. The number of nitrogens with zero attached hydrogens (tertiary/aromatic N) is 6. The van der Waals surface area contributed by atoms with Crippen LogP contribution in [-0.4, -0.2) is 98.8 Å². The van der Waals surface area contributed by atoms with Crippen molar-refractivity contribution in [3.8, 4) is 22.4 Å². The van der Waals surface area contributed by atoms with Crippen molar-refractivity contribution in [1.82, 2.24) is 25.5 Å². The molecule has 15 nitrogen and oxygen atoms in total. The topological polar surface area (TPSA) is 190 Å². The maximum absolute atomic E-state index is 15.4. The minimum absolute atomic E-state index is 0.00533. The molecular formula is C44H45F5N8O7S2. The zero-order chi connectivity index (χ0) is 48.5. The molecule has 0 radical (unpaired) electrons. The van der Waals surface area contributed by atoms with Crippen LogP contribution >= 0.6 is 23.6 Å². The standard InChI is InChI=1S/C44H45F5N8O7S2/c1-23-35(66-22-53-23)25-9-7-24(8-10-25)18-51-37(60)31-16-28(58)20-55(31)39(61)36(42(2,3)4)54-32(59)21-63-13-14-64-38-29(45)15-27(19-52-38)57-41(65)56(40(62)43(57,5)6)30-12-11-26(17-50)33(34(30)46)44(47,48)49/h7-12,15,19,22,28,31,36,58H,13-14,16,18,20-21H2,1-6H3,(H,51,60)(H,54,59)/t28-,31+,36-/m1/s1. The van der Waals surface area contributed by atoms with E-state index in [0.29, 0.717) is 11.0 Å². The molecule has 0 aliphatic carbocycles. The quantitative estimate of drug-likeness (QED) is 0.0784. The molecule has 2 aromatic heterocycles. The zero-order valence-electron chi connectivity index (χ0n) is 36.5. The highest BCUT2D eigenvalue weighted by Crippen LogP contribution is 2.42. The first-order chi connectivity index (χ1) is 30.9. The third-order valence-electron chi connectivity index (χ3n) is 10.9. The monoisotopic (exact) mass is 956 g/mol. The number of alkyl halides is 3. The Morgan fingerprint density at radius 3 is 2.39 bits per heavy atom. The smallest absolute Gasteiger partial charge is 0.420 e. The van der Waals surface area contributed by atoms with E-state index in [1.807, 2.05) is 31.2 Å². The second-order valence-electron chi connectivity index (χ2n) is 17.1. The first-order valence-electron chi connectivity index (χ1n) is 20.3. The fraction of sp³-hybridized carbons (Fsp3) is 0.409. The van der Waals surface area contributed by atoms with Gasteiger partial charge in [-0.05, 0) is 61.7 Å². The number of benzene rings is 2. The van der Waals surface area contributed by atoms with E-state index in [9.17, 15) is 37.5 Å². The number of nitrogens with one attached hydrogen (secondary N) is 2. The molecule has 4 heterocycles. The fourth-order valence-corrected chi connectivity index (χ4v) is 8.86. The summed E-state index contributed by atoms with van der Waals surface area (Å²) in [5, 5.41) is 24.7. The predicted octanol–water partition coefficient (Wildman–Crippen LogP) is 5.80. The molecule has 0 bridgehead atoms. The van der Waals surface area contributed by atoms with Crippen LogP contribution in [0.15, 0.2) is 54.2 Å². The number of rotatable bonds is 14. The lowest BCUT2D eigenvalue weighted by atomic mass is 9.85. The molecule has 2 aromatic carbocycles. The van der Waals surface area contributed by atoms with E-state index in [-0.39, 0.29) is 38.4 Å². The molecule has 66 heavy (non-hydrogen) atoms. The molecule has 2 aliphatic rings. The number of nitriles is 1. The molecule has 350 valence electrons. The average molecular weight is 957 g/mol. The van der Waals surface area contributed by atoms with Crippen LogP contribution < -0.4 is 25.2 Å². The second-order valence-corrected chi connectivity index (χ2v) is 18.3. The third kappa shape index (κ3) is 10.3. The number of amides is 4. The number of aliphatic hydroxyl groups is 1. The summed E-state index contributed by atoms with van der Waals surface area (Å²) in [6.07, 6.45) is -5.16. The molecule has 2 fully saturated rings. The Kier molecular flexibility index (Phi) is 14.5. The summed E-state index contributed by atoms with van der Waals surface area (Å²) in [6.45, 7) is 8.75. The lowest BCUT2D eigenvalue weighted by Gasteiger charge is -2.35. The maximum atomic E-state index is 15.4. The van der Waals surface area contributed by atoms with Crippen LogP contribution in [0.2, 0.25) is 0 Å². The van der Waals surface area contributed by atoms with Crippen LogP contribution in [0.5, 0.6) is 5.88 Å². The third-order valence-corrected chi connectivity index (χ3v) is 12.2. The summed E-state index contributed by atoms with van der Waals surface area (Å²) >= 11 is 6.92. The van der Waals surface area contributed by atoms with Gasteiger partial charge in [0.2, 0.25) is 17.7 Å². The molecular weight excluding hydrogens is 912 g/mol. The molecule has 0 saturated carbocycles. The van der Waals surface area contributed by atoms with Crippen LogP contribution in [0, 0.1) is 35.3 Å². The van der Waals surface area contributed by atoms with Gasteiger partial charge in [-0.3, -0.25) is 24.1 Å². The van der Waals surface area contributed by atoms with Crippen molar-refractivity contribution < 1.29 is 55.7 Å². The first-order valence-corrected chi connectivity index (χ1v) is 21.6. The number of thiazole rings is 1. The Bertz CT molecular complexity index is 2580. The Hall–Kier alpha value is -6.15. The van der Waals surface area contributed by atoms with E-state index in [0.717, 1.165) is 44.9 Å². The number of likely N-dealkylation sites (tertiary alicyclic amines) is 1. The van der Waals surface area contributed by atoms with Crippen molar-refractivity contribution in [2.45, 2.75) is 84.4 Å². The van der Waals surface area contributed by atoms with Crippen molar-refractivity contribution in [2.75, 3.05) is 36.2 Å². The van der Waals surface area contributed by atoms with Gasteiger partial charge in [0.1, 0.15) is 36.4 Å². The average Bonchev–Trinajstić information content (AvgIpc) is 3.91. The van der Waals surface area contributed by atoms with Gasteiger partial charge in [0, 0.05) is 25.6 Å². The van der Waals surface area contributed by atoms with E-state index in [4.69, 9.17) is 27.0 Å². The van der Waals surface area contributed by atoms with E-state index in [1.54, 1.807) is 26.3 Å². The molecule has 6 rings (SSSR count). The number of carbonyl (C=O) groups is 4. The van der Waals surface area contributed by atoms with Gasteiger partial charge in [-0.2, -0.15) is 18.4 Å². The normalized spacial score (nSPS) is 17.8.